The minimum Gasteiger partial charge on any atom is -0.446 e. The molecule has 0 aliphatic carbocycles. The zero-order valence-electron chi connectivity index (χ0n) is 13.4. The molecule has 1 saturated heterocycles. The summed E-state index contributed by atoms with van der Waals surface area (Å²) in [6.45, 7) is 4.92. The number of nitrogens with zero attached hydrogens (tertiary/aromatic N) is 1. The van der Waals surface area contributed by atoms with Gasteiger partial charge in [0.25, 0.3) is 5.91 Å². The molecule has 1 aromatic rings. The number of ether oxygens (including phenoxy) is 2. The van der Waals surface area contributed by atoms with Gasteiger partial charge in [0.1, 0.15) is 24.8 Å². The summed E-state index contributed by atoms with van der Waals surface area (Å²) < 4.78 is 10.0. The zero-order valence-corrected chi connectivity index (χ0v) is 13.4. The summed E-state index contributed by atoms with van der Waals surface area (Å²) >= 11 is 0. The van der Waals surface area contributed by atoms with E-state index in [2.05, 4.69) is 5.32 Å². The number of cyclic esters (lactones) is 1. The Morgan fingerprint density at radius 3 is 2.57 bits per heavy atom. The van der Waals surface area contributed by atoms with Crippen molar-refractivity contribution in [3.05, 3.63) is 35.9 Å². The standard InChI is InChI=1S/C16H20N2O5/c1-16(2,3)23-14(20)17-9-13(19)18-12(10-22-15(18)21)11-7-5-4-6-8-11/h4-8,12H,9-10H2,1-3H3,(H,17,20)/t12-/m1/s1. The molecule has 0 bridgehead atoms. The lowest BCUT2D eigenvalue weighted by atomic mass is 10.1. The Balaban J connectivity index is 1.99. The summed E-state index contributed by atoms with van der Waals surface area (Å²) in [5, 5.41) is 2.35. The highest BCUT2D eigenvalue weighted by Gasteiger charge is 2.38. The van der Waals surface area contributed by atoms with Gasteiger partial charge in [-0.05, 0) is 26.3 Å². The minimum atomic E-state index is -0.713. The molecule has 0 aromatic heterocycles. The highest BCUT2D eigenvalue weighted by molar-refractivity contribution is 5.95. The Bertz CT molecular complexity index is 594. The first-order valence-corrected chi connectivity index (χ1v) is 7.28. The lowest BCUT2D eigenvalue weighted by molar-refractivity contribution is -0.128. The van der Waals surface area contributed by atoms with Crippen LogP contribution in [-0.4, -0.2) is 41.7 Å². The highest BCUT2D eigenvalue weighted by Crippen LogP contribution is 2.27. The number of benzene rings is 1. The second-order valence-electron chi connectivity index (χ2n) is 6.12. The number of hydrogen-bond donors (Lipinski definition) is 1. The van der Waals surface area contributed by atoms with Gasteiger partial charge in [-0.2, -0.15) is 0 Å². The molecule has 0 unspecified atom stereocenters. The minimum absolute atomic E-state index is 0.0982. The SMILES string of the molecule is CC(C)(C)OC(=O)NCC(=O)N1C(=O)OC[C@@H]1c1ccccc1. The molecule has 1 aliphatic heterocycles. The van der Waals surface area contributed by atoms with E-state index in [1.807, 2.05) is 30.3 Å². The third kappa shape index (κ3) is 4.45. The highest BCUT2D eigenvalue weighted by atomic mass is 16.6. The molecule has 7 nitrogen and oxygen atoms in total. The van der Waals surface area contributed by atoms with Gasteiger partial charge in [0, 0.05) is 0 Å². The van der Waals surface area contributed by atoms with Crippen LogP contribution in [0.15, 0.2) is 30.3 Å². The summed E-state index contributed by atoms with van der Waals surface area (Å²) in [7, 11) is 0. The average Bonchev–Trinajstić information content (AvgIpc) is 2.86. The van der Waals surface area contributed by atoms with Crippen molar-refractivity contribution >= 4 is 18.1 Å². The van der Waals surface area contributed by atoms with Gasteiger partial charge in [0.2, 0.25) is 0 Å². The first-order valence-electron chi connectivity index (χ1n) is 7.28. The number of imide groups is 1. The van der Waals surface area contributed by atoms with E-state index in [1.165, 1.54) is 0 Å². The number of rotatable bonds is 3. The molecule has 23 heavy (non-hydrogen) atoms. The predicted molar refractivity (Wildman–Crippen MR) is 81.6 cm³/mol. The summed E-state index contributed by atoms with van der Waals surface area (Å²) in [6.07, 6.45) is -1.43. The van der Waals surface area contributed by atoms with E-state index in [-0.39, 0.29) is 13.2 Å². The van der Waals surface area contributed by atoms with E-state index in [9.17, 15) is 14.4 Å². The van der Waals surface area contributed by atoms with Gasteiger partial charge >= 0.3 is 12.2 Å². The van der Waals surface area contributed by atoms with Crippen LogP contribution in [-0.2, 0) is 14.3 Å². The van der Waals surface area contributed by atoms with Crippen molar-refractivity contribution in [1.82, 2.24) is 10.2 Å². The number of hydrogen-bond acceptors (Lipinski definition) is 5. The van der Waals surface area contributed by atoms with E-state index in [0.717, 1.165) is 10.5 Å². The number of carbonyl (C=O) groups is 3. The van der Waals surface area contributed by atoms with Crippen molar-refractivity contribution in [2.24, 2.45) is 0 Å². The molecule has 1 atom stereocenters. The maximum Gasteiger partial charge on any atom is 0.417 e. The van der Waals surface area contributed by atoms with Crippen LogP contribution in [0.3, 0.4) is 0 Å². The molecule has 1 heterocycles. The van der Waals surface area contributed by atoms with Crippen molar-refractivity contribution < 1.29 is 23.9 Å². The Morgan fingerprint density at radius 2 is 1.96 bits per heavy atom. The maximum atomic E-state index is 12.3. The second kappa shape index (κ2) is 6.68. The molecule has 0 radical (unpaired) electrons. The van der Waals surface area contributed by atoms with Crippen LogP contribution in [0.1, 0.15) is 32.4 Å². The molecule has 1 aromatic carbocycles. The molecule has 0 saturated carbocycles. The van der Waals surface area contributed by atoms with E-state index < -0.39 is 29.7 Å². The molecule has 0 spiro atoms. The van der Waals surface area contributed by atoms with Crippen LogP contribution in [0.4, 0.5) is 9.59 Å². The van der Waals surface area contributed by atoms with Crippen LogP contribution < -0.4 is 5.32 Å². The molecule has 1 N–H and O–H groups in total. The van der Waals surface area contributed by atoms with Gasteiger partial charge in [-0.3, -0.25) is 4.79 Å². The summed E-state index contributed by atoms with van der Waals surface area (Å²) in [4.78, 5) is 36.7. The average molecular weight is 320 g/mol. The van der Waals surface area contributed by atoms with Gasteiger partial charge < -0.3 is 14.8 Å². The Morgan fingerprint density at radius 1 is 1.30 bits per heavy atom. The van der Waals surface area contributed by atoms with Crippen LogP contribution in [0, 0.1) is 0 Å². The first-order chi connectivity index (χ1) is 10.8. The normalized spacial score (nSPS) is 17.6. The zero-order chi connectivity index (χ0) is 17.0. The van der Waals surface area contributed by atoms with Gasteiger partial charge in [0.15, 0.2) is 0 Å². The molecular formula is C16H20N2O5. The number of nitrogens with one attached hydrogen (secondary N) is 1. The summed E-state index contributed by atoms with van der Waals surface area (Å²) in [6, 6.07) is 8.62. The van der Waals surface area contributed by atoms with E-state index in [0.29, 0.717) is 0 Å². The maximum absolute atomic E-state index is 12.3. The van der Waals surface area contributed by atoms with Crippen molar-refractivity contribution in [2.45, 2.75) is 32.4 Å². The fourth-order valence-corrected chi connectivity index (χ4v) is 2.16. The van der Waals surface area contributed by atoms with Crippen LogP contribution >= 0.6 is 0 Å². The van der Waals surface area contributed by atoms with Gasteiger partial charge in [-0.1, -0.05) is 30.3 Å². The topological polar surface area (TPSA) is 84.9 Å². The molecule has 1 fully saturated rings. The molecule has 2 rings (SSSR count). The van der Waals surface area contributed by atoms with Gasteiger partial charge in [-0.25, -0.2) is 14.5 Å². The summed E-state index contributed by atoms with van der Waals surface area (Å²) in [5.41, 5.74) is 0.135. The predicted octanol–water partition coefficient (Wildman–Crippen LogP) is 2.23. The van der Waals surface area contributed by atoms with Crippen molar-refractivity contribution in [3.8, 4) is 0 Å². The smallest absolute Gasteiger partial charge is 0.417 e. The number of alkyl carbamates (subject to hydrolysis) is 1. The number of carbonyl (C=O) groups excluding carboxylic acids is 3. The van der Waals surface area contributed by atoms with Crippen LogP contribution in [0.5, 0.6) is 0 Å². The largest absolute Gasteiger partial charge is 0.446 e. The van der Waals surface area contributed by atoms with E-state index >= 15 is 0 Å². The first kappa shape index (κ1) is 16.8. The lowest BCUT2D eigenvalue weighted by Crippen LogP contribution is -2.43. The van der Waals surface area contributed by atoms with Gasteiger partial charge in [0.05, 0.1) is 0 Å². The van der Waals surface area contributed by atoms with Crippen LogP contribution in [0.2, 0.25) is 0 Å². The molecule has 7 heteroatoms. The Labute approximate surface area is 134 Å². The summed E-state index contributed by atoms with van der Waals surface area (Å²) in [5.74, 6) is -0.549. The quantitative estimate of drug-likeness (QED) is 0.923. The van der Waals surface area contributed by atoms with E-state index in [4.69, 9.17) is 9.47 Å². The third-order valence-corrected chi connectivity index (χ3v) is 3.11. The molecule has 1 aliphatic rings. The molecular weight excluding hydrogens is 300 g/mol. The molecule has 124 valence electrons. The Hall–Kier alpha value is -2.57. The number of amides is 3. The van der Waals surface area contributed by atoms with Crippen molar-refractivity contribution in [2.75, 3.05) is 13.2 Å². The van der Waals surface area contributed by atoms with Crippen molar-refractivity contribution in [1.29, 1.82) is 0 Å². The fraction of sp³-hybridized carbons (Fsp3) is 0.438. The fourth-order valence-electron chi connectivity index (χ4n) is 2.16. The van der Waals surface area contributed by atoms with Crippen molar-refractivity contribution in [3.63, 3.8) is 0 Å². The molecule has 3 amide bonds. The Kier molecular flexibility index (Phi) is 4.88. The third-order valence-electron chi connectivity index (χ3n) is 3.11. The monoisotopic (exact) mass is 320 g/mol. The van der Waals surface area contributed by atoms with Gasteiger partial charge in [-0.15, -0.1) is 0 Å². The van der Waals surface area contributed by atoms with Crippen LogP contribution in [0.25, 0.3) is 0 Å². The lowest BCUT2D eigenvalue weighted by Gasteiger charge is -2.22. The van der Waals surface area contributed by atoms with E-state index in [1.54, 1.807) is 20.8 Å². The second-order valence-corrected chi connectivity index (χ2v) is 6.12.